The van der Waals surface area contributed by atoms with Gasteiger partial charge in [-0.25, -0.2) is 0 Å². The van der Waals surface area contributed by atoms with Crippen LogP contribution in [0.5, 0.6) is 0 Å². The Morgan fingerprint density at radius 3 is 2.40 bits per heavy atom. The molecular formula is C8H14O7. The fourth-order valence-corrected chi connectivity index (χ4v) is 1.39. The Morgan fingerprint density at radius 2 is 1.93 bits per heavy atom. The van der Waals surface area contributed by atoms with Crippen LogP contribution in [0.4, 0.5) is 0 Å². The van der Waals surface area contributed by atoms with E-state index < -0.39 is 43.3 Å². The van der Waals surface area contributed by atoms with Gasteiger partial charge in [0.05, 0.1) is 6.61 Å². The molecule has 0 aromatic rings. The number of carbonyl (C=O) groups is 1. The van der Waals surface area contributed by atoms with E-state index in [1.807, 2.05) is 0 Å². The van der Waals surface area contributed by atoms with Crippen molar-refractivity contribution in [2.24, 2.45) is 0 Å². The van der Waals surface area contributed by atoms with Crippen LogP contribution in [0.1, 0.15) is 6.92 Å². The molecule has 1 heterocycles. The molecule has 0 aliphatic carbocycles. The molecule has 1 rings (SSSR count). The Balaban J connectivity index is 2.70. The molecule has 0 aromatic heterocycles. The quantitative estimate of drug-likeness (QED) is 0.377. The van der Waals surface area contributed by atoms with Gasteiger partial charge in [0.25, 0.3) is 0 Å². The summed E-state index contributed by atoms with van der Waals surface area (Å²) in [5.74, 6) is -0.712. The van der Waals surface area contributed by atoms with E-state index in [9.17, 15) is 20.1 Å². The first-order valence-electron chi connectivity index (χ1n) is 4.45. The van der Waals surface area contributed by atoms with Crippen molar-refractivity contribution in [1.29, 1.82) is 0 Å². The normalized spacial score (nSPS) is 41.3. The minimum absolute atomic E-state index is 0.553. The summed E-state index contributed by atoms with van der Waals surface area (Å²) in [4.78, 5) is 10.6. The molecule has 4 N–H and O–H groups in total. The maximum absolute atomic E-state index is 10.6. The Hall–Kier alpha value is -0.730. The van der Waals surface area contributed by atoms with Crippen LogP contribution in [0.15, 0.2) is 0 Å². The highest BCUT2D eigenvalue weighted by Crippen LogP contribution is 2.22. The van der Waals surface area contributed by atoms with Gasteiger partial charge < -0.3 is 29.9 Å². The van der Waals surface area contributed by atoms with Gasteiger partial charge in [0.2, 0.25) is 0 Å². The Morgan fingerprint density at radius 1 is 1.33 bits per heavy atom. The molecule has 0 bridgehead atoms. The standard InChI is InChI=1S/C8H14O7/c1-3(10)14-7-6(12)5(11)4(2-9)15-8(7)13/h4-9,11-13H,2H2,1H3/t4?,5-,6?,7?,8?/m1/s1. The van der Waals surface area contributed by atoms with Crippen LogP contribution < -0.4 is 0 Å². The summed E-state index contributed by atoms with van der Waals surface area (Å²) < 4.78 is 9.32. The first kappa shape index (κ1) is 12.3. The lowest BCUT2D eigenvalue weighted by molar-refractivity contribution is -0.290. The van der Waals surface area contributed by atoms with Crippen molar-refractivity contribution in [1.82, 2.24) is 0 Å². The van der Waals surface area contributed by atoms with Crippen LogP contribution in [0.25, 0.3) is 0 Å². The van der Waals surface area contributed by atoms with Crippen LogP contribution in [-0.4, -0.2) is 63.7 Å². The Bertz CT molecular complexity index is 231. The summed E-state index contributed by atoms with van der Waals surface area (Å²) in [5.41, 5.74) is 0. The van der Waals surface area contributed by atoms with Crippen LogP contribution in [0, 0.1) is 0 Å². The highest BCUT2D eigenvalue weighted by atomic mass is 16.7. The van der Waals surface area contributed by atoms with Gasteiger partial charge >= 0.3 is 5.97 Å². The fraction of sp³-hybridized carbons (Fsp3) is 0.875. The molecule has 1 saturated heterocycles. The number of ether oxygens (including phenoxy) is 2. The molecule has 0 saturated carbocycles. The molecule has 1 aliphatic rings. The van der Waals surface area contributed by atoms with Crippen LogP contribution in [0.2, 0.25) is 0 Å². The Kier molecular flexibility index (Phi) is 4.00. The van der Waals surface area contributed by atoms with E-state index in [1.165, 1.54) is 0 Å². The zero-order valence-corrected chi connectivity index (χ0v) is 8.11. The van der Waals surface area contributed by atoms with Gasteiger partial charge in [0.15, 0.2) is 12.4 Å². The van der Waals surface area contributed by atoms with Gasteiger partial charge in [-0.2, -0.15) is 0 Å². The SMILES string of the molecule is CC(=O)OC1C(O)OC(CO)[C@@H](O)C1O. The molecule has 4 unspecified atom stereocenters. The molecule has 88 valence electrons. The first-order valence-corrected chi connectivity index (χ1v) is 4.45. The first-order chi connectivity index (χ1) is 6.97. The average molecular weight is 222 g/mol. The van der Waals surface area contributed by atoms with Gasteiger partial charge in [0.1, 0.15) is 18.3 Å². The molecule has 0 spiro atoms. The second-order valence-corrected chi connectivity index (χ2v) is 3.30. The number of hydrogen-bond donors (Lipinski definition) is 4. The molecule has 0 amide bonds. The van der Waals surface area contributed by atoms with Gasteiger partial charge in [-0.1, -0.05) is 0 Å². The van der Waals surface area contributed by atoms with E-state index in [-0.39, 0.29) is 0 Å². The predicted molar refractivity (Wildman–Crippen MR) is 45.5 cm³/mol. The van der Waals surface area contributed by atoms with Crippen molar-refractivity contribution in [3.05, 3.63) is 0 Å². The van der Waals surface area contributed by atoms with E-state index in [2.05, 4.69) is 4.74 Å². The van der Waals surface area contributed by atoms with Gasteiger partial charge in [0, 0.05) is 6.92 Å². The minimum atomic E-state index is -1.57. The number of esters is 1. The molecule has 5 atom stereocenters. The lowest BCUT2D eigenvalue weighted by Crippen LogP contribution is -2.59. The average Bonchev–Trinajstić information content (AvgIpc) is 2.18. The van der Waals surface area contributed by atoms with E-state index in [0.29, 0.717) is 0 Å². The monoisotopic (exact) mass is 222 g/mol. The second kappa shape index (κ2) is 4.86. The van der Waals surface area contributed by atoms with Crippen molar-refractivity contribution in [3.63, 3.8) is 0 Å². The van der Waals surface area contributed by atoms with Crippen molar-refractivity contribution >= 4 is 5.97 Å². The second-order valence-electron chi connectivity index (χ2n) is 3.30. The number of aliphatic hydroxyl groups excluding tert-OH is 4. The number of hydrogen-bond acceptors (Lipinski definition) is 7. The molecule has 1 aliphatic heterocycles. The zero-order chi connectivity index (χ0) is 11.6. The maximum Gasteiger partial charge on any atom is 0.303 e. The highest BCUT2D eigenvalue weighted by molar-refractivity contribution is 5.66. The van der Waals surface area contributed by atoms with E-state index in [1.54, 1.807) is 0 Å². The van der Waals surface area contributed by atoms with Crippen molar-refractivity contribution in [2.75, 3.05) is 6.61 Å². The molecule has 1 fully saturated rings. The highest BCUT2D eigenvalue weighted by Gasteiger charge is 2.45. The zero-order valence-electron chi connectivity index (χ0n) is 8.11. The van der Waals surface area contributed by atoms with E-state index >= 15 is 0 Å². The van der Waals surface area contributed by atoms with E-state index in [4.69, 9.17) is 9.84 Å². The molecule has 7 nitrogen and oxygen atoms in total. The largest absolute Gasteiger partial charge is 0.454 e. The van der Waals surface area contributed by atoms with Crippen molar-refractivity contribution in [2.45, 2.75) is 37.6 Å². The number of aliphatic hydroxyl groups is 4. The molecule has 15 heavy (non-hydrogen) atoms. The van der Waals surface area contributed by atoms with E-state index in [0.717, 1.165) is 6.92 Å². The summed E-state index contributed by atoms with van der Waals surface area (Å²) in [5, 5.41) is 37.0. The summed E-state index contributed by atoms with van der Waals surface area (Å²) >= 11 is 0. The molecule has 0 aromatic carbocycles. The molecule has 7 heteroatoms. The van der Waals surface area contributed by atoms with Crippen LogP contribution >= 0.6 is 0 Å². The predicted octanol–water partition coefficient (Wildman–Crippen LogP) is -2.65. The number of rotatable bonds is 2. The summed E-state index contributed by atoms with van der Waals surface area (Å²) in [6, 6.07) is 0. The number of carbonyl (C=O) groups excluding carboxylic acids is 1. The molecular weight excluding hydrogens is 208 g/mol. The van der Waals surface area contributed by atoms with Gasteiger partial charge in [-0.15, -0.1) is 0 Å². The lowest BCUT2D eigenvalue weighted by atomic mass is 9.99. The summed E-state index contributed by atoms with van der Waals surface area (Å²) in [6.45, 7) is 0.548. The topological polar surface area (TPSA) is 116 Å². The summed E-state index contributed by atoms with van der Waals surface area (Å²) in [6.07, 6.45) is -6.91. The van der Waals surface area contributed by atoms with Gasteiger partial charge in [-0.3, -0.25) is 4.79 Å². The van der Waals surface area contributed by atoms with Gasteiger partial charge in [-0.05, 0) is 0 Å². The molecule has 0 radical (unpaired) electrons. The maximum atomic E-state index is 10.6. The fourth-order valence-electron chi connectivity index (χ4n) is 1.39. The third-order valence-electron chi connectivity index (χ3n) is 2.14. The van der Waals surface area contributed by atoms with Crippen molar-refractivity contribution in [3.8, 4) is 0 Å². The van der Waals surface area contributed by atoms with Crippen molar-refractivity contribution < 1.29 is 34.7 Å². The Labute approximate surface area is 85.9 Å². The third-order valence-corrected chi connectivity index (χ3v) is 2.14. The lowest BCUT2D eigenvalue weighted by Gasteiger charge is -2.39. The smallest absolute Gasteiger partial charge is 0.303 e. The summed E-state index contributed by atoms with van der Waals surface area (Å²) in [7, 11) is 0. The van der Waals surface area contributed by atoms with Crippen LogP contribution in [0.3, 0.4) is 0 Å². The van der Waals surface area contributed by atoms with Crippen LogP contribution in [-0.2, 0) is 14.3 Å². The third kappa shape index (κ3) is 2.64. The minimum Gasteiger partial charge on any atom is -0.454 e.